The van der Waals surface area contributed by atoms with Gasteiger partial charge < -0.3 is 5.32 Å². The molecule has 1 atom stereocenters. The second-order valence-electron chi connectivity index (χ2n) is 6.26. The molecule has 20 heavy (non-hydrogen) atoms. The van der Waals surface area contributed by atoms with E-state index in [1.54, 1.807) is 0 Å². The highest BCUT2D eigenvalue weighted by Gasteiger charge is 2.27. The van der Waals surface area contributed by atoms with Crippen molar-refractivity contribution in [3.8, 4) is 0 Å². The largest absolute Gasteiger partial charge is 0.310 e. The lowest BCUT2D eigenvalue weighted by molar-refractivity contribution is 0.202. The smallest absolute Gasteiger partial charge is 0.142 e. The summed E-state index contributed by atoms with van der Waals surface area (Å²) >= 11 is 11.9. The van der Waals surface area contributed by atoms with Crippen LogP contribution in [0.25, 0.3) is 0 Å². The zero-order chi connectivity index (χ0) is 14.8. The number of nitrogens with one attached hydrogen (secondary N) is 1. The second-order valence-corrected chi connectivity index (χ2v) is 7.08. The normalized spacial score (nSPS) is 19.9. The van der Waals surface area contributed by atoms with Crippen LogP contribution in [0.15, 0.2) is 12.1 Å². The SMILES string of the molecule is CC(NCC1(C)CCCCC1)c1cc(F)c(Cl)cc1Cl. The molecule has 112 valence electrons. The first-order valence-corrected chi connectivity index (χ1v) is 8.05. The summed E-state index contributed by atoms with van der Waals surface area (Å²) in [5.41, 5.74) is 1.12. The molecule has 0 amide bonds. The molecule has 1 N–H and O–H groups in total. The van der Waals surface area contributed by atoms with E-state index >= 15 is 0 Å². The summed E-state index contributed by atoms with van der Waals surface area (Å²) in [6, 6.07) is 2.94. The molecule has 1 aliphatic carbocycles. The van der Waals surface area contributed by atoms with Crippen LogP contribution in [0.3, 0.4) is 0 Å². The molecule has 0 heterocycles. The van der Waals surface area contributed by atoms with Crippen LogP contribution in [0, 0.1) is 11.2 Å². The molecule has 1 fully saturated rings. The standard InChI is InChI=1S/C16H22Cl2FN/c1-11(12-8-15(19)14(18)9-13(12)17)20-10-16(2)6-4-3-5-7-16/h8-9,11,20H,3-7,10H2,1-2H3. The van der Waals surface area contributed by atoms with Crippen molar-refractivity contribution >= 4 is 23.2 Å². The lowest BCUT2D eigenvalue weighted by Gasteiger charge is -2.35. The second kappa shape index (κ2) is 6.64. The van der Waals surface area contributed by atoms with Crippen LogP contribution in [0.2, 0.25) is 10.0 Å². The number of hydrogen-bond donors (Lipinski definition) is 1. The molecule has 0 bridgehead atoms. The molecule has 1 saturated carbocycles. The number of halogens is 3. The summed E-state index contributed by atoms with van der Waals surface area (Å²) in [5.74, 6) is -0.413. The van der Waals surface area contributed by atoms with Crippen LogP contribution in [-0.2, 0) is 0 Å². The van der Waals surface area contributed by atoms with Crippen LogP contribution in [0.1, 0.15) is 57.6 Å². The van der Waals surface area contributed by atoms with Gasteiger partial charge in [-0.25, -0.2) is 4.39 Å². The lowest BCUT2D eigenvalue weighted by atomic mass is 9.75. The average Bonchev–Trinajstić information content (AvgIpc) is 2.41. The Hall–Kier alpha value is -0.310. The van der Waals surface area contributed by atoms with Crippen molar-refractivity contribution < 1.29 is 4.39 Å². The first-order valence-electron chi connectivity index (χ1n) is 7.29. The fourth-order valence-corrected chi connectivity index (χ4v) is 3.51. The van der Waals surface area contributed by atoms with E-state index in [4.69, 9.17) is 23.2 Å². The molecule has 0 aromatic heterocycles. The van der Waals surface area contributed by atoms with Gasteiger partial charge in [-0.15, -0.1) is 0 Å². The van der Waals surface area contributed by atoms with Crippen molar-refractivity contribution in [2.75, 3.05) is 6.54 Å². The van der Waals surface area contributed by atoms with Gasteiger partial charge in [0.15, 0.2) is 0 Å². The van der Waals surface area contributed by atoms with Gasteiger partial charge in [-0.1, -0.05) is 49.4 Å². The van der Waals surface area contributed by atoms with E-state index < -0.39 is 5.82 Å². The maximum absolute atomic E-state index is 13.6. The third-order valence-electron chi connectivity index (χ3n) is 4.40. The molecule has 0 saturated heterocycles. The van der Waals surface area contributed by atoms with Gasteiger partial charge in [-0.3, -0.25) is 0 Å². The monoisotopic (exact) mass is 317 g/mol. The maximum Gasteiger partial charge on any atom is 0.142 e. The fourth-order valence-electron chi connectivity index (χ4n) is 2.96. The fraction of sp³-hybridized carbons (Fsp3) is 0.625. The van der Waals surface area contributed by atoms with E-state index in [2.05, 4.69) is 12.2 Å². The van der Waals surface area contributed by atoms with E-state index in [1.165, 1.54) is 44.2 Å². The molecule has 1 aromatic rings. The van der Waals surface area contributed by atoms with E-state index in [0.717, 1.165) is 12.1 Å². The first kappa shape index (κ1) is 16.1. The molecule has 1 unspecified atom stereocenters. The topological polar surface area (TPSA) is 12.0 Å². The molecule has 2 rings (SSSR count). The van der Waals surface area contributed by atoms with Gasteiger partial charge in [0.25, 0.3) is 0 Å². The number of rotatable bonds is 4. The van der Waals surface area contributed by atoms with E-state index in [9.17, 15) is 4.39 Å². The van der Waals surface area contributed by atoms with Gasteiger partial charge >= 0.3 is 0 Å². The lowest BCUT2D eigenvalue weighted by Crippen LogP contribution is -2.35. The summed E-state index contributed by atoms with van der Waals surface area (Å²) in [6.07, 6.45) is 6.48. The van der Waals surface area contributed by atoms with Gasteiger partial charge in [0, 0.05) is 17.6 Å². The summed E-state index contributed by atoms with van der Waals surface area (Å²) in [6.45, 7) is 5.28. The van der Waals surface area contributed by atoms with E-state index in [0.29, 0.717) is 10.4 Å². The van der Waals surface area contributed by atoms with Crippen LogP contribution >= 0.6 is 23.2 Å². The Balaban J connectivity index is 2.01. The Morgan fingerprint density at radius 1 is 1.20 bits per heavy atom. The Kier molecular flexibility index (Phi) is 5.33. The molecular weight excluding hydrogens is 296 g/mol. The third kappa shape index (κ3) is 3.87. The van der Waals surface area contributed by atoms with Crippen LogP contribution in [0.4, 0.5) is 4.39 Å². The minimum Gasteiger partial charge on any atom is -0.310 e. The number of benzene rings is 1. The van der Waals surface area contributed by atoms with Crippen molar-refractivity contribution in [1.82, 2.24) is 5.32 Å². The first-order chi connectivity index (χ1) is 9.41. The van der Waals surface area contributed by atoms with Crippen molar-refractivity contribution in [3.63, 3.8) is 0 Å². The number of hydrogen-bond acceptors (Lipinski definition) is 1. The molecule has 4 heteroatoms. The third-order valence-corrected chi connectivity index (χ3v) is 5.02. The molecular formula is C16H22Cl2FN. The van der Waals surface area contributed by atoms with Crippen LogP contribution in [0.5, 0.6) is 0 Å². The average molecular weight is 318 g/mol. The highest BCUT2D eigenvalue weighted by Crippen LogP contribution is 2.36. The summed E-state index contributed by atoms with van der Waals surface area (Å²) in [4.78, 5) is 0. The molecule has 1 aliphatic rings. The summed E-state index contributed by atoms with van der Waals surface area (Å²) in [5, 5.41) is 4.10. The Morgan fingerprint density at radius 3 is 2.50 bits per heavy atom. The minimum atomic E-state index is -0.413. The van der Waals surface area contributed by atoms with Crippen molar-refractivity contribution in [1.29, 1.82) is 0 Å². The molecule has 1 nitrogen and oxygen atoms in total. The van der Waals surface area contributed by atoms with E-state index in [-0.39, 0.29) is 11.1 Å². The zero-order valence-electron chi connectivity index (χ0n) is 12.1. The summed E-state index contributed by atoms with van der Waals surface area (Å²) in [7, 11) is 0. The van der Waals surface area contributed by atoms with Gasteiger partial charge in [0.1, 0.15) is 5.82 Å². The van der Waals surface area contributed by atoms with Crippen LogP contribution in [-0.4, -0.2) is 6.54 Å². The quantitative estimate of drug-likeness (QED) is 0.697. The predicted octanol–water partition coefficient (Wildman–Crippen LogP) is 5.75. The van der Waals surface area contributed by atoms with Crippen molar-refractivity contribution in [3.05, 3.63) is 33.6 Å². The Morgan fingerprint density at radius 2 is 1.85 bits per heavy atom. The highest BCUT2D eigenvalue weighted by atomic mass is 35.5. The Bertz CT molecular complexity index is 470. The molecule has 0 aliphatic heterocycles. The molecule has 0 spiro atoms. The minimum absolute atomic E-state index is 0.0213. The maximum atomic E-state index is 13.6. The van der Waals surface area contributed by atoms with Crippen molar-refractivity contribution in [2.24, 2.45) is 5.41 Å². The van der Waals surface area contributed by atoms with E-state index in [1.807, 2.05) is 6.92 Å². The van der Waals surface area contributed by atoms with Gasteiger partial charge in [0.2, 0.25) is 0 Å². The van der Waals surface area contributed by atoms with Crippen molar-refractivity contribution in [2.45, 2.75) is 52.0 Å². The predicted molar refractivity (Wildman–Crippen MR) is 84.0 cm³/mol. The van der Waals surface area contributed by atoms with Gasteiger partial charge in [-0.05, 0) is 42.9 Å². The Labute approximate surface area is 130 Å². The van der Waals surface area contributed by atoms with Gasteiger partial charge in [0.05, 0.1) is 5.02 Å². The molecule has 1 aromatic carbocycles. The zero-order valence-corrected chi connectivity index (χ0v) is 13.6. The highest BCUT2D eigenvalue weighted by molar-refractivity contribution is 6.35. The summed E-state index contributed by atoms with van der Waals surface area (Å²) < 4.78 is 13.6. The van der Waals surface area contributed by atoms with Gasteiger partial charge in [-0.2, -0.15) is 0 Å². The molecule has 0 radical (unpaired) electrons. The van der Waals surface area contributed by atoms with Crippen LogP contribution < -0.4 is 5.32 Å².